The van der Waals surface area contributed by atoms with Crippen LogP contribution in [0.4, 0.5) is 0 Å². The summed E-state index contributed by atoms with van der Waals surface area (Å²) in [6, 6.07) is 0. The van der Waals surface area contributed by atoms with Crippen LogP contribution in [0.25, 0.3) is 0 Å². The first-order chi connectivity index (χ1) is 12.2. The molecule has 149 valence electrons. The van der Waals surface area contributed by atoms with Crippen molar-refractivity contribution in [2.24, 2.45) is 5.92 Å². The molecule has 0 aliphatic carbocycles. The zero-order valence-corrected chi connectivity index (χ0v) is 17.2. The molecular formula is C23H45O2. The Kier molecular flexibility index (Phi) is 19.4. The predicted molar refractivity (Wildman–Crippen MR) is 110 cm³/mol. The van der Waals surface area contributed by atoms with Gasteiger partial charge in [0.15, 0.2) is 0 Å². The van der Waals surface area contributed by atoms with Crippen molar-refractivity contribution >= 4 is 5.97 Å². The average Bonchev–Trinajstić information content (AvgIpc) is 2.60. The van der Waals surface area contributed by atoms with Gasteiger partial charge in [-0.05, 0) is 19.3 Å². The second kappa shape index (κ2) is 19.8. The summed E-state index contributed by atoms with van der Waals surface area (Å²) < 4.78 is 0. The molecule has 0 saturated heterocycles. The van der Waals surface area contributed by atoms with Crippen LogP contribution in [-0.4, -0.2) is 11.1 Å². The molecule has 0 unspecified atom stereocenters. The number of carboxylic acid groups (broad SMARTS) is 1. The molecule has 1 atom stereocenters. The van der Waals surface area contributed by atoms with Gasteiger partial charge in [-0.15, -0.1) is 0 Å². The summed E-state index contributed by atoms with van der Waals surface area (Å²) in [6.45, 7) is 4.23. The van der Waals surface area contributed by atoms with Crippen molar-refractivity contribution in [3.05, 3.63) is 6.42 Å². The van der Waals surface area contributed by atoms with Gasteiger partial charge in [0.25, 0.3) is 0 Å². The van der Waals surface area contributed by atoms with Crippen molar-refractivity contribution in [2.45, 2.75) is 129 Å². The van der Waals surface area contributed by atoms with Crippen LogP contribution in [0.5, 0.6) is 0 Å². The maximum atomic E-state index is 10.9. The highest BCUT2D eigenvalue weighted by molar-refractivity contribution is 5.71. The van der Waals surface area contributed by atoms with E-state index in [1.807, 2.05) is 13.3 Å². The van der Waals surface area contributed by atoms with Gasteiger partial charge in [0.1, 0.15) is 0 Å². The molecular weight excluding hydrogens is 308 g/mol. The number of aliphatic carboxylic acids is 1. The standard InChI is InChI=1S/C23H45O2/c1-3-5-6-7-8-9-10-11-12-13-14-15-16-17-18-19-20-21-22(4-2)23(24)25/h21-22H,3-20H2,1-2H3,(H,24,25)/t22-/m1/s1. The van der Waals surface area contributed by atoms with E-state index >= 15 is 0 Å². The van der Waals surface area contributed by atoms with Gasteiger partial charge in [-0.3, -0.25) is 4.79 Å². The van der Waals surface area contributed by atoms with Crippen molar-refractivity contribution in [2.75, 3.05) is 0 Å². The van der Waals surface area contributed by atoms with Gasteiger partial charge < -0.3 is 5.11 Å². The molecule has 0 bridgehead atoms. The minimum Gasteiger partial charge on any atom is -0.481 e. The molecule has 0 aliphatic rings. The number of hydrogen-bond donors (Lipinski definition) is 1. The van der Waals surface area contributed by atoms with E-state index in [0.29, 0.717) is 6.42 Å². The lowest BCUT2D eigenvalue weighted by Crippen LogP contribution is -2.12. The first-order valence-electron chi connectivity index (χ1n) is 11.3. The van der Waals surface area contributed by atoms with Crippen molar-refractivity contribution in [1.29, 1.82) is 0 Å². The number of carbonyl (C=O) groups is 1. The van der Waals surface area contributed by atoms with Crippen molar-refractivity contribution in [3.63, 3.8) is 0 Å². The van der Waals surface area contributed by atoms with Crippen molar-refractivity contribution < 1.29 is 9.90 Å². The third-order valence-electron chi connectivity index (χ3n) is 5.27. The number of hydrogen-bond acceptors (Lipinski definition) is 1. The molecule has 0 aromatic rings. The fourth-order valence-corrected chi connectivity index (χ4v) is 3.45. The molecule has 0 heterocycles. The second-order valence-corrected chi connectivity index (χ2v) is 7.68. The highest BCUT2D eigenvalue weighted by Gasteiger charge is 2.13. The van der Waals surface area contributed by atoms with Crippen LogP contribution in [0, 0.1) is 12.3 Å². The average molecular weight is 354 g/mol. The topological polar surface area (TPSA) is 37.3 Å². The molecule has 25 heavy (non-hydrogen) atoms. The van der Waals surface area contributed by atoms with Crippen LogP contribution in [-0.2, 0) is 4.79 Å². The minimum absolute atomic E-state index is 0.239. The summed E-state index contributed by atoms with van der Waals surface area (Å²) in [4.78, 5) is 10.9. The van der Waals surface area contributed by atoms with Gasteiger partial charge in [-0.1, -0.05) is 117 Å². The second-order valence-electron chi connectivity index (χ2n) is 7.68. The fraction of sp³-hybridized carbons (Fsp3) is 0.913. The lowest BCUT2D eigenvalue weighted by molar-refractivity contribution is -0.140. The third-order valence-corrected chi connectivity index (χ3v) is 5.27. The normalized spacial score (nSPS) is 12.4. The third kappa shape index (κ3) is 18.1. The first-order valence-corrected chi connectivity index (χ1v) is 11.3. The summed E-state index contributed by atoms with van der Waals surface area (Å²) >= 11 is 0. The molecule has 2 nitrogen and oxygen atoms in total. The largest absolute Gasteiger partial charge is 0.481 e. The van der Waals surface area contributed by atoms with Crippen molar-refractivity contribution in [1.82, 2.24) is 0 Å². The lowest BCUT2D eigenvalue weighted by Gasteiger charge is -2.08. The van der Waals surface area contributed by atoms with Gasteiger partial charge in [-0.25, -0.2) is 0 Å². The molecule has 2 heteroatoms. The lowest BCUT2D eigenvalue weighted by atomic mass is 9.98. The maximum absolute atomic E-state index is 10.9. The number of unbranched alkanes of at least 4 members (excludes halogenated alkanes) is 16. The smallest absolute Gasteiger partial charge is 0.306 e. The first kappa shape index (κ1) is 24.5. The van der Waals surface area contributed by atoms with E-state index < -0.39 is 5.97 Å². The Bertz CT molecular complexity index is 275. The highest BCUT2D eigenvalue weighted by Crippen LogP contribution is 2.16. The Morgan fingerprint density at radius 3 is 1.36 bits per heavy atom. The van der Waals surface area contributed by atoms with E-state index in [0.717, 1.165) is 12.8 Å². The van der Waals surface area contributed by atoms with E-state index in [1.54, 1.807) is 0 Å². The SMILES string of the molecule is CCCCCCCCCCCCCCCCCC[CH][C@@H](CC)C(=O)O. The van der Waals surface area contributed by atoms with Crippen LogP contribution in [0.2, 0.25) is 0 Å². The Labute approximate surface area is 158 Å². The minimum atomic E-state index is -0.668. The molecule has 1 N–H and O–H groups in total. The number of carboxylic acids is 1. The van der Waals surface area contributed by atoms with Crippen LogP contribution >= 0.6 is 0 Å². The fourth-order valence-electron chi connectivity index (χ4n) is 3.45. The Morgan fingerprint density at radius 2 is 1.04 bits per heavy atom. The molecule has 0 saturated carbocycles. The van der Waals surface area contributed by atoms with Crippen LogP contribution in [0.15, 0.2) is 0 Å². The molecule has 0 spiro atoms. The van der Waals surface area contributed by atoms with Gasteiger partial charge >= 0.3 is 5.97 Å². The van der Waals surface area contributed by atoms with E-state index in [2.05, 4.69) is 6.92 Å². The molecule has 0 aromatic heterocycles. The summed E-state index contributed by atoms with van der Waals surface area (Å²) in [5, 5.41) is 8.98. The maximum Gasteiger partial charge on any atom is 0.306 e. The molecule has 0 amide bonds. The summed E-state index contributed by atoms with van der Waals surface area (Å²) in [5.74, 6) is -0.907. The summed E-state index contributed by atoms with van der Waals surface area (Å²) in [7, 11) is 0. The van der Waals surface area contributed by atoms with Crippen LogP contribution in [0.3, 0.4) is 0 Å². The van der Waals surface area contributed by atoms with E-state index in [9.17, 15) is 4.79 Å². The van der Waals surface area contributed by atoms with Gasteiger partial charge in [-0.2, -0.15) is 0 Å². The number of rotatable bonds is 20. The van der Waals surface area contributed by atoms with Gasteiger partial charge in [0.2, 0.25) is 0 Å². The van der Waals surface area contributed by atoms with E-state index in [-0.39, 0.29) is 5.92 Å². The highest BCUT2D eigenvalue weighted by atomic mass is 16.4. The molecule has 0 aliphatic heterocycles. The zero-order valence-electron chi connectivity index (χ0n) is 17.2. The van der Waals surface area contributed by atoms with Crippen LogP contribution < -0.4 is 0 Å². The summed E-state index contributed by atoms with van der Waals surface area (Å²) in [6.07, 6.45) is 25.8. The Balaban J connectivity index is 3.11. The zero-order chi connectivity index (χ0) is 18.6. The quantitative estimate of drug-likeness (QED) is 0.225. The Hall–Kier alpha value is -0.530. The van der Waals surface area contributed by atoms with Gasteiger partial charge in [0, 0.05) is 0 Å². The molecule has 0 rings (SSSR count). The summed E-state index contributed by atoms with van der Waals surface area (Å²) in [5.41, 5.74) is 0. The van der Waals surface area contributed by atoms with Gasteiger partial charge in [0.05, 0.1) is 5.92 Å². The van der Waals surface area contributed by atoms with Crippen LogP contribution in [0.1, 0.15) is 129 Å². The molecule has 0 fully saturated rings. The molecule has 0 aromatic carbocycles. The molecule has 1 radical (unpaired) electrons. The van der Waals surface area contributed by atoms with Crippen molar-refractivity contribution in [3.8, 4) is 0 Å². The monoisotopic (exact) mass is 353 g/mol. The van der Waals surface area contributed by atoms with E-state index in [1.165, 1.54) is 96.3 Å². The van der Waals surface area contributed by atoms with E-state index in [4.69, 9.17) is 5.11 Å². The Morgan fingerprint density at radius 1 is 0.680 bits per heavy atom. The predicted octanol–water partition coefficient (Wildman–Crippen LogP) is 7.95.